The molecule has 33 heavy (non-hydrogen) atoms. The standard InChI is InChI=1S/C24H18F2N4O2S/c25-15-10-11-20(17(26)14-15)30-22(31)16-6-1-2-7-18(16)28-24(30)33-13-5-12-29-21-9-4-3-8-19(21)27-23(29)32/h1-4,6-11,14H,5,12-13H2,(H,27,32). The van der Waals surface area contributed by atoms with Crippen molar-refractivity contribution in [2.24, 2.45) is 0 Å². The van der Waals surface area contributed by atoms with Crippen LogP contribution in [0.15, 0.2) is 81.5 Å². The number of halogens is 2. The number of rotatable bonds is 6. The van der Waals surface area contributed by atoms with Crippen LogP contribution < -0.4 is 11.2 Å². The van der Waals surface area contributed by atoms with E-state index in [1.54, 1.807) is 28.8 Å². The van der Waals surface area contributed by atoms with Crippen LogP contribution in [0.1, 0.15) is 6.42 Å². The Morgan fingerprint density at radius 1 is 0.970 bits per heavy atom. The third-order valence-electron chi connectivity index (χ3n) is 5.33. The molecule has 3 aromatic carbocycles. The number of aryl methyl sites for hydroxylation is 1. The molecule has 0 radical (unpaired) electrons. The van der Waals surface area contributed by atoms with Crippen LogP contribution in [-0.4, -0.2) is 24.9 Å². The summed E-state index contributed by atoms with van der Waals surface area (Å²) >= 11 is 1.28. The first-order valence-electron chi connectivity index (χ1n) is 10.3. The van der Waals surface area contributed by atoms with Gasteiger partial charge in [-0.15, -0.1) is 0 Å². The van der Waals surface area contributed by atoms with Gasteiger partial charge in [0.15, 0.2) is 5.16 Å². The van der Waals surface area contributed by atoms with E-state index in [-0.39, 0.29) is 11.4 Å². The number of hydrogen-bond donors (Lipinski definition) is 1. The Morgan fingerprint density at radius 2 is 1.76 bits per heavy atom. The second-order valence-corrected chi connectivity index (χ2v) is 8.51. The lowest BCUT2D eigenvalue weighted by molar-refractivity contribution is 0.572. The molecule has 0 spiro atoms. The Balaban J connectivity index is 1.46. The SMILES string of the molecule is O=c1c2ccccc2nc(SCCCn2c(=O)[nH]c3ccccc32)n1-c1ccc(F)cc1F. The van der Waals surface area contributed by atoms with E-state index >= 15 is 0 Å². The average Bonchev–Trinajstić information content (AvgIpc) is 3.13. The summed E-state index contributed by atoms with van der Waals surface area (Å²) in [5.41, 5.74) is 1.41. The fourth-order valence-electron chi connectivity index (χ4n) is 3.80. The molecule has 6 nitrogen and oxygen atoms in total. The Kier molecular flexibility index (Phi) is 5.55. The minimum absolute atomic E-state index is 0.0602. The van der Waals surface area contributed by atoms with Gasteiger partial charge in [-0.05, 0) is 42.8 Å². The topological polar surface area (TPSA) is 72.7 Å². The fraction of sp³-hybridized carbons (Fsp3) is 0.125. The van der Waals surface area contributed by atoms with Gasteiger partial charge < -0.3 is 4.98 Å². The maximum Gasteiger partial charge on any atom is 0.326 e. The number of hydrogen-bond acceptors (Lipinski definition) is 4. The first-order chi connectivity index (χ1) is 16.0. The monoisotopic (exact) mass is 464 g/mol. The maximum atomic E-state index is 14.6. The Bertz CT molecular complexity index is 1610. The van der Waals surface area contributed by atoms with E-state index in [9.17, 15) is 18.4 Å². The largest absolute Gasteiger partial charge is 0.326 e. The van der Waals surface area contributed by atoms with E-state index in [1.165, 1.54) is 22.4 Å². The summed E-state index contributed by atoms with van der Waals surface area (Å²) in [6.45, 7) is 0.471. The van der Waals surface area contributed by atoms with Crippen molar-refractivity contribution < 1.29 is 8.78 Å². The first kappa shape index (κ1) is 21.1. The highest BCUT2D eigenvalue weighted by Gasteiger charge is 2.17. The van der Waals surface area contributed by atoms with Gasteiger partial charge in [-0.2, -0.15) is 0 Å². The number of aromatic amines is 1. The summed E-state index contributed by atoms with van der Waals surface area (Å²) < 4.78 is 30.9. The molecule has 0 bridgehead atoms. The van der Waals surface area contributed by atoms with Gasteiger partial charge in [-0.1, -0.05) is 36.0 Å². The zero-order chi connectivity index (χ0) is 22.9. The van der Waals surface area contributed by atoms with Crippen LogP contribution in [0.25, 0.3) is 27.6 Å². The summed E-state index contributed by atoms with van der Waals surface area (Å²) in [6, 6.07) is 17.4. The highest BCUT2D eigenvalue weighted by atomic mass is 32.2. The summed E-state index contributed by atoms with van der Waals surface area (Å²) in [5, 5.41) is 0.645. The normalized spacial score (nSPS) is 11.5. The van der Waals surface area contributed by atoms with Gasteiger partial charge >= 0.3 is 5.69 Å². The minimum atomic E-state index is -0.846. The van der Waals surface area contributed by atoms with E-state index in [0.717, 1.165) is 23.2 Å². The van der Waals surface area contributed by atoms with Crippen LogP contribution in [0.4, 0.5) is 8.78 Å². The summed E-state index contributed by atoms with van der Waals surface area (Å²) in [5.74, 6) is -1.04. The van der Waals surface area contributed by atoms with Gasteiger partial charge in [-0.25, -0.2) is 18.6 Å². The average molecular weight is 464 g/mol. The van der Waals surface area contributed by atoms with Crippen molar-refractivity contribution in [3.05, 3.63) is 99.2 Å². The number of nitrogens with one attached hydrogen (secondary N) is 1. The first-order valence-corrected chi connectivity index (χ1v) is 11.3. The third kappa shape index (κ3) is 3.95. The highest BCUT2D eigenvalue weighted by molar-refractivity contribution is 7.99. The second-order valence-electron chi connectivity index (χ2n) is 7.45. The van der Waals surface area contributed by atoms with Gasteiger partial charge in [0.25, 0.3) is 5.56 Å². The van der Waals surface area contributed by atoms with Crippen molar-refractivity contribution in [3.8, 4) is 5.69 Å². The van der Waals surface area contributed by atoms with Crippen molar-refractivity contribution >= 4 is 33.7 Å². The Morgan fingerprint density at radius 3 is 2.61 bits per heavy atom. The van der Waals surface area contributed by atoms with E-state index in [0.29, 0.717) is 34.8 Å². The highest BCUT2D eigenvalue weighted by Crippen LogP contribution is 2.24. The molecule has 0 fully saturated rings. The molecule has 5 rings (SSSR count). The summed E-state index contributed by atoms with van der Waals surface area (Å²) in [4.78, 5) is 32.9. The van der Waals surface area contributed by atoms with Gasteiger partial charge in [0.05, 0.1) is 27.6 Å². The predicted molar refractivity (Wildman–Crippen MR) is 125 cm³/mol. The van der Waals surface area contributed by atoms with Crippen LogP contribution >= 0.6 is 11.8 Å². The number of aromatic nitrogens is 4. The van der Waals surface area contributed by atoms with E-state index in [1.807, 2.05) is 24.3 Å². The Hall–Kier alpha value is -3.72. The van der Waals surface area contributed by atoms with Crippen LogP contribution in [0.3, 0.4) is 0 Å². The molecule has 0 amide bonds. The Labute approximate surface area is 190 Å². The molecule has 0 saturated carbocycles. The molecule has 0 aliphatic rings. The van der Waals surface area contributed by atoms with E-state index in [2.05, 4.69) is 9.97 Å². The minimum Gasteiger partial charge on any atom is -0.306 e. The second kappa shape index (κ2) is 8.67. The molecule has 9 heteroatoms. The van der Waals surface area contributed by atoms with E-state index in [4.69, 9.17) is 0 Å². The fourth-order valence-corrected chi connectivity index (χ4v) is 4.73. The zero-order valence-corrected chi connectivity index (χ0v) is 18.1. The number of H-pyrrole nitrogens is 1. The van der Waals surface area contributed by atoms with Crippen LogP contribution in [0, 0.1) is 11.6 Å². The molecule has 1 N–H and O–H groups in total. The molecule has 2 aromatic heterocycles. The molecule has 0 unspecified atom stereocenters. The lowest BCUT2D eigenvalue weighted by atomic mass is 10.2. The summed E-state index contributed by atoms with van der Waals surface area (Å²) in [7, 11) is 0. The number of fused-ring (bicyclic) bond motifs is 2. The number of thioether (sulfide) groups is 1. The predicted octanol–water partition coefficient (Wildman–Crippen LogP) is 4.49. The molecule has 0 saturated heterocycles. The van der Waals surface area contributed by atoms with Crippen molar-refractivity contribution in [2.75, 3.05) is 5.75 Å². The van der Waals surface area contributed by atoms with Gasteiger partial charge in [0.2, 0.25) is 0 Å². The molecule has 166 valence electrons. The molecular formula is C24H18F2N4O2S. The van der Waals surface area contributed by atoms with E-state index < -0.39 is 17.2 Å². The lowest BCUT2D eigenvalue weighted by Gasteiger charge is -2.14. The smallest absolute Gasteiger partial charge is 0.306 e. The van der Waals surface area contributed by atoms with Gasteiger partial charge in [0.1, 0.15) is 11.6 Å². The van der Waals surface area contributed by atoms with Crippen LogP contribution in [0.5, 0.6) is 0 Å². The van der Waals surface area contributed by atoms with Crippen molar-refractivity contribution in [3.63, 3.8) is 0 Å². The molecule has 2 heterocycles. The van der Waals surface area contributed by atoms with Crippen molar-refractivity contribution in [1.29, 1.82) is 0 Å². The van der Waals surface area contributed by atoms with Gasteiger partial charge in [-0.3, -0.25) is 13.9 Å². The van der Waals surface area contributed by atoms with Crippen LogP contribution in [0.2, 0.25) is 0 Å². The van der Waals surface area contributed by atoms with Crippen molar-refractivity contribution in [2.45, 2.75) is 18.1 Å². The third-order valence-corrected chi connectivity index (χ3v) is 6.36. The quantitative estimate of drug-likeness (QED) is 0.228. The van der Waals surface area contributed by atoms with Gasteiger partial charge in [0, 0.05) is 18.4 Å². The molecule has 5 aromatic rings. The maximum absolute atomic E-state index is 14.6. The lowest BCUT2D eigenvalue weighted by Crippen LogP contribution is -2.23. The zero-order valence-electron chi connectivity index (χ0n) is 17.3. The van der Waals surface area contributed by atoms with Crippen LogP contribution in [-0.2, 0) is 6.54 Å². The molecule has 0 atom stereocenters. The molecular weight excluding hydrogens is 446 g/mol. The number of benzene rings is 3. The summed E-state index contributed by atoms with van der Waals surface area (Å²) in [6.07, 6.45) is 0.612. The van der Waals surface area contributed by atoms with Crippen molar-refractivity contribution in [1.82, 2.24) is 19.1 Å². The molecule has 0 aliphatic carbocycles. The number of para-hydroxylation sites is 3. The number of nitrogens with zero attached hydrogens (tertiary/aromatic N) is 3. The number of imidazole rings is 1. The molecule has 0 aliphatic heterocycles.